The first-order valence-corrected chi connectivity index (χ1v) is 3.58. The summed E-state index contributed by atoms with van der Waals surface area (Å²) < 4.78 is 34.8. The van der Waals surface area contributed by atoms with Crippen molar-refractivity contribution in [1.29, 1.82) is 0 Å². The van der Waals surface area contributed by atoms with Gasteiger partial charge in [0.15, 0.2) is 0 Å². The summed E-state index contributed by atoms with van der Waals surface area (Å²) in [6.45, 7) is 0.942. The lowest BCUT2D eigenvalue weighted by Crippen LogP contribution is -2.41. The van der Waals surface area contributed by atoms with Crippen LogP contribution in [0.5, 0.6) is 0 Å². The maximum atomic E-state index is 11.6. The first kappa shape index (κ1) is 9.31. The van der Waals surface area contributed by atoms with Crippen LogP contribution < -0.4 is 10.6 Å². The van der Waals surface area contributed by atoms with Gasteiger partial charge in [-0.2, -0.15) is 13.2 Å². The minimum atomic E-state index is -4.60. The molecule has 70 valence electrons. The van der Waals surface area contributed by atoms with Crippen molar-refractivity contribution >= 4 is 5.91 Å². The number of hydrogen-bond donors (Lipinski definition) is 2. The molecule has 1 fully saturated rings. The Morgan fingerprint density at radius 3 is 2.58 bits per heavy atom. The molecule has 12 heavy (non-hydrogen) atoms. The van der Waals surface area contributed by atoms with Crippen LogP contribution in [0.2, 0.25) is 0 Å². The van der Waals surface area contributed by atoms with Crippen LogP contribution in [0.4, 0.5) is 13.2 Å². The number of halogens is 3. The van der Waals surface area contributed by atoms with E-state index in [1.807, 2.05) is 0 Å². The zero-order valence-electron chi connectivity index (χ0n) is 6.24. The van der Waals surface area contributed by atoms with Crippen LogP contribution in [0.3, 0.4) is 0 Å². The highest BCUT2D eigenvalue weighted by atomic mass is 19.4. The fraction of sp³-hybridized carbons (Fsp3) is 0.833. The second-order valence-electron chi connectivity index (χ2n) is 2.68. The summed E-state index contributed by atoms with van der Waals surface area (Å²) >= 11 is 0. The molecule has 0 aromatic heterocycles. The second kappa shape index (κ2) is 3.30. The lowest BCUT2D eigenvalue weighted by Gasteiger charge is -2.11. The van der Waals surface area contributed by atoms with Gasteiger partial charge in [0, 0.05) is 6.54 Å². The zero-order chi connectivity index (χ0) is 9.19. The first-order chi connectivity index (χ1) is 5.49. The number of amides is 1. The predicted octanol–water partition coefficient (Wildman–Crippen LogP) is 0.232. The fourth-order valence-corrected chi connectivity index (χ4v) is 1.12. The van der Waals surface area contributed by atoms with Gasteiger partial charge in [-0.3, -0.25) is 10.1 Å². The van der Waals surface area contributed by atoms with Crippen LogP contribution in [-0.2, 0) is 4.79 Å². The summed E-state index contributed by atoms with van der Waals surface area (Å²) in [4.78, 5) is 10.8. The highest BCUT2D eigenvalue weighted by Crippen LogP contribution is 2.13. The molecule has 1 saturated heterocycles. The van der Waals surface area contributed by atoms with Gasteiger partial charge in [-0.1, -0.05) is 0 Å². The fourth-order valence-electron chi connectivity index (χ4n) is 1.12. The summed E-state index contributed by atoms with van der Waals surface area (Å²) in [6.07, 6.45) is -4.12. The Bertz CT molecular complexity index is 174. The highest BCUT2D eigenvalue weighted by Gasteiger charge is 2.34. The van der Waals surface area contributed by atoms with E-state index in [9.17, 15) is 18.0 Å². The highest BCUT2D eigenvalue weighted by molar-refractivity contribution is 5.79. The van der Waals surface area contributed by atoms with Gasteiger partial charge in [0.25, 0.3) is 0 Å². The Kier molecular flexibility index (Phi) is 2.56. The lowest BCUT2D eigenvalue weighted by atomic mass is 10.1. The minimum absolute atomic E-state index is 0.335. The maximum absolute atomic E-state index is 11.6. The van der Waals surface area contributed by atoms with Crippen LogP contribution >= 0.6 is 0 Å². The number of carbonyl (C=O) groups is 1. The van der Waals surface area contributed by atoms with E-state index in [0.717, 1.165) is 5.32 Å². The Hall–Kier alpha value is -0.780. The molecule has 1 atom stereocenters. The van der Waals surface area contributed by atoms with E-state index in [-0.39, 0.29) is 0 Å². The van der Waals surface area contributed by atoms with Gasteiger partial charge in [-0.25, -0.2) is 0 Å². The van der Waals surface area contributed by atoms with Gasteiger partial charge in [0.05, 0.1) is 5.92 Å². The Morgan fingerprint density at radius 2 is 2.17 bits per heavy atom. The van der Waals surface area contributed by atoms with Crippen molar-refractivity contribution in [3.63, 3.8) is 0 Å². The number of rotatable bonds is 1. The van der Waals surface area contributed by atoms with Crippen molar-refractivity contribution in [2.24, 2.45) is 5.92 Å². The molecule has 1 amide bonds. The van der Waals surface area contributed by atoms with Crippen LogP contribution in [0, 0.1) is 5.92 Å². The largest absolute Gasteiger partial charge is 0.484 e. The van der Waals surface area contributed by atoms with Crippen molar-refractivity contribution in [1.82, 2.24) is 10.6 Å². The molecule has 0 saturated carbocycles. The normalized spacial score (nSPS) is 24.1. The summed E-state index contributed by atoms with van der Waals surface area (Å²) in [5, 5.41) is 3.79. The van der Waals surface area contributed by atoms with Crippen LogP contribution in [0.25, 0.3) is 0 Å². The van der Waals surface area contributed by atoms with E-state index in [0.29, 0.717) is 19.5 Å². The van der Waals surface area contributed by atoms with E-state index >= 15 is 0 Å². The lowest BCUT2D eigenvalue weighted by molar-refractivity contribution is -0.171. The molecule has 0 spiro atoms. The molecule has 3 nitrogen and oxygen atoms in total. The van der Waals surface area contributed by atoms with Gasteiger partial charge in [0.1, 0.15) is 0 Å². The average Bonchev–Trinajstić information content (AvgIpc) is 2.32. The van der Waals surface area contributed by atoms with Gasteiger partial charge >= 0.3 is 6.30 Å². The molecule has 6 heteroatoms. The van der Waals surface area contributed by atoms with Crippen molar-refractivity contribution in [3.8, 4) is 0 Å². The first-order valence-electron chi connectivity index (χ1n) is 3.58. The number of carbonyl (C=O) groups excluding carboxylic acids is 1. The molecule has 0 bridgehead atoms. The van der Waals surface area contributed by atoms with Crippen molar-refractivity contribution < 1.29 is 18.0 Å². The van der Waals surface area contributed by atoms with Crippen molar-refractivity contribution in [3.05, 3.63) is 0 Å². The quantitative estimate of drug-likeness (QED) is 0.570. The van der Waals surface area contributed by atoms with Crippen LogP contribution in [0.15, 0.2) is 0 Å². The molecular weight excluding hydrogens is 173 g/mol. The van der Waals surface area contributed by atoms with E-state index in [1.165, 1.54) is 0 Å². The minimum Gasteiger partial charge on any atom is -0.316 e. The Morgan fingerprint density at radius 1 is 1.50 bits per heavy atom. The van der Waals surface area contributed by atoms with Crippen LogP contribution in [-0.4, -0.2) is 25.3 Å². The summed E-state index contributed by atoms with van der Waals surface area (Å²) in [5.74, 6) is -1.47. The summed E-state index contributed by atoms with van der Waals surface area (Å²) in [5.41, 5.74) is 0. The third-order valence-corrected chi connectivity index (χ3v) is 1.70. The SMILES string of the molecule is O=C(NC(F)(F)F)C1CCNC1. The van der Waals surface area contributed by atoms with Crippen LogP contribution in [0.1, 0.15) is 6.42 Å². The van der Waals surface area contributed by atoms with Crippen molar-refractivity contribution in [2.45, 2.75) is 12.7 Å². The number of nitrogens with one attached hydrogen (secondary N) is 2. The van der Waals surface area contributed by atoms with E-state index in [4.69, 9.17) is 0 Å². The number of hydrogen-bond acceptors (Lipinski definition) is 2. The summed E-state index contributed by atoms with van der Waals surface area (Å²) in [6, 6.07) is 0. The third-order valence-electron chi connectivity index (χ3n) is 1.70. The molecular formula is C6H9F3N2O. The van der Waals surface area contributed by atoms with Gasteiger partial charge < -0.3 is 5.32 Å². The molecule has 1 aliphatic heterocycles. The monoisotopic (exact) mass is 182 g/mol. The molecule has 0 aromatic carbocycles. The third kappa shape index (κ3) is 2.69. The smallest absolute Gasteiger partial charge is 0.316 e. The predicted molar refractivity (Wildman–Crippen MR) is 35.2 cm³/mol. The average molecular weight is 182 g/mol. The Labute approximate surface area is 67.3 Å². The molecule has 0 aromatic rings. The molecule has 2 N–H and O–H groups in total. The number of alkyl halides is 3. The second-order valence-corrected chi connectivity index (χ2v) is 2.68. The standard InChI is InChI=1S/C6H9F3N2O/c7-6(8,9)11-5(12)4-1-2-10-3-4/h4,10H,1-3H2,(H,11,12). The zero-order valence-corrected chi connectivity index (χ0v) is 6.24. The van der Waals surface area contributed by atoms with E-state index < -0.39 is 18.1 Å². The van der Waals surface area contributed by atoms with Crippen molar-refractivity contribution in [2.75, 3.05) is 13.1 Å². The Balaban J connectivity index is 2.37. The molecule has 1 rings (SSSR count). The molecule has 0 radical (unpaired) electrons. The van der Waals surface area contributed by atoms with Gasteiger partial charge in [-0.15, -0.1) is 0 Å². The molecule has 1 aliphatic rings. The van der Waals surface area contributed by atoms with Gasteiger partial charge in [-0.05, 0) is 13.0 Å². The van der Waals surface area contributed by atoms with E-state index in [1.54, 1.807) is 0 Å². The molecule has 1 unspecified atom stereocenters. The molecule has 1 heterocycles. The molecule has 0 aliphatic carbocycles. The maximum Gasteiger partial charge on any atom is 0.484 e. The topological polar surface area (TPSA) is 41.1 Å². The van der Waals surface area contributed by atoms with E-state index in [2.05, 4.69) is 5.32 Å². The van der Waals surface area contributed by atoms with Gasteiger partial charge in [0.2, 0.25) is 5.91 Å². The summed E-state index contributed by atoms with van der Waals surface area (Å²) in [7, 11) is 0.